The normalized spacial score (nSPS) is 10.7. The summed E-state index contributed by atoms with van der Waals surface area (Å²) in [5.74, 6) is -0.322. The predicted molar refractivity (Wildman–Crippen MR) is 77.6 cm³/mol. The number of halogens is 1. The topological polar surface area (TPSA) is 59.4 Å². The number of esters is 1. The van der Waals surface area contributed by atoms with Gasteiger partial charge in [0.15, 0.2) is 0 Å². The number of hydrogen-bond donors (Lipinski definition) is 1. The van der Waals surface area contributed by atoms with Crippen molar-refractivity contribution in [1.29, 1.82) is 0 Å². The molecule has 102 valence electrons. The lowest BCUT2D eigenvalue weighted by Crippen LogP contribution is -2.01. The minimum absolute atomic E-state index is 0.113. The first-order valence-corrected chi connectivity index (χ1v) is 6.18. The van der Waals surface area contributed by atoms with Gasteiger partial charge in [0.2, 0.25) is 0 Å². The number of methoxy groups -OCH3 is 1. The molecule has 0 unspecified atom stereocenters. The number of hydrogen-bond acceptors (Lipinski definition) is 4. The summed E-state index contributed by atoms with van der Waals surface area (Å²) >= 11 is 6.00. The second-order valence-corrected chi connectivity index (χ2v) is 4.44. The third-order valence-electron chi connectivity index (χ3n) is 2.62. The third-order valence-corrected chi connectivity index (χ3v) is 2.95. The van der Waals surface area contributed by atoms with Gasteiger partial charge in [0.05, 0.1) is 17.7 Å². The number of rotatable bonds is 3. The van der Waals surface area contributed by atoms with E-state index in [1.54, 1.807) is 36.5 Å². The fourth-order valence-electron chi connectivity index (χ4n) is 1.62. The molecule has 0 saturated carbocycles. The Morgan fingerprint density at radius 3 is 2.80 bits per heavy atom. The van der Waals surface area contributed by atoms with Crippen LogP contribution in [0.5, 0.6) is 5.75 Å². The molecule has 0 saturated heterocycles. The molecule has 0 amide bonds. The largest absolute Gasteiger partial charge is 0.508 e. The lowest BCUT2D eigenvalue weighted by molar-refractivity contribution is 0.0600. The van der Waals surface area contributed by atoms with Crippen LogP contribution in [0.25, 0.3) is 12.2 Å². The second-order valence-electron chi connectivity index (χ2n) is 4.04. The number of aromatic hydroxyl groups is 1. The highest BCUT2D eigenvalue weighted by Gasteiger charge is 2.05. The molecule has 0 fully saturated rings. The maximum absolute atomic E-state index is 11.4. The average Bonchev–Trinajstić information content (AvgIpc) is 2.46. The van der Waals surface area contributed by atoms with Gasteiger partial charge in [0, 0.05) is 12.4 Å². The maximum Gasteiger partial charge on any atom is 0.339 e. The van der Waals surface area contributed by atoms with Gasteiger partial charge in [-0.25, -0.2) is 4.79 Å². The highest BCUT2D eigenvalue weighted by molar-refractivity contribution is 6.32. The Morgan fingerprint density at radius 1 is 1.30 bits per heavy atom. The van der Waals surface area contributed by atoms with Crippen LogP contribution >= 0.6 is 11.6 Å². The summed E-state index contributed by atoms with van der Waals surface area (Å²) in [7, 11) is 1.32. The van der Waals surface area contributed by atoms with Crippen molar-refractivity contribution >= 4 is 29.7 Å². The molecule has 1 heterocycles. The van der Waals surface area contributed by atoms with E-state index in [0.29, 0.717) is 10.6 Å². The lowest BCUT2D eigenvalue weighted by atomic mass is 10.1. The van der Waals surface area contributed by atoms with Gasteiger partial charge in [-0.2, -0.15) is 0 Å². The fraction of sp³-hybridized carbons (Fsp3) is 0.0667. The molecule has 20 heavy (non-hydrogen) atoms. The molecule has 2 rings (SSSR count). The van der Waals surface area contributed by atoms with E-state index in [-0.39, 0.29) is 5.75 Å². The Kier molecular flexibility index (Phi) is 4.38. The van der Waals surface area contributed by atoms with E-state index in [2.05, 4.69) is 9.72 Å². The molecular formula is C15H12ClNO3. The summed E-state index contributed by atoms with van der Waals surface area (Å²) in [6.45, 7) is 0. The standard InChI is InChI=1S/C15H12ClNO3/c1-20-15(19)12-6-10(8-17-9-12)2-3-11-4-5-13(18)7-14(11)16/h2-9,18H,1H3/b3-2+. The van der Waals surface area contributed by atoms with E-state index < -0.39 is 5.97 Å². The van der Waals surface area contributed by atoms with Crippen molar-refractivity contribution in [2.75, 3.05) is 7.11 Å². The van der Waals surface area contributed by atoms with Crippen molar-refractivity contribution < 1.29 is 14.6 Å². The van der Waals surface area contributed by atoms with E-state index >= 15 is 0 Å². The molecule has 5 heteroatoms. The number of pyridine rings is 1. The zero-order chi connectivity index (χ0) is 14.5. The predicted octanol–water partition coefficient (Wildman–Crippen LogP) is 3.40. The van der Waals surface area contributed by atoms with E-state index in [0.717, 1.165) is 11.1 Å². The Hall–Kier alpha value is -2.33. The Balaban J connectivity index is 2.25. The Bertz CT molecular complexity index is 668. The number of benzene rings is 1. The van der Waals surface area contributed by atoms with Gasteiger partial charge in [-0.05, 0) is 35.4 Å². The number of carbonyl (C=O) groups is 1. The molecule has 0 atom stereocenters. The second kappa shape index (κ2) is 6.21. The maximum atomic E-state index is 11.4. The quantitative estimate of drug-likeness (QED) is 0.880. The first-order valence-electron chi connectivity index (χ1n) is 5.80. The van der Waals surface area contributed by atoms with Gasteiger partial charge in [0.1, 0.15) is 5.75 Å². The van der Waals surface area contributed by atoms with Crippen LogP contribution in [0, 0.1) is 0 Å². The zero-order valence-electron chi connectivity index (χ0n) is 10.7. The molecule has 0 aliphatic heterocycles. The van der Waals surface area contributed by atoms with Crippen LogP contribution in [-0.4, -0.2) is 23.2 Å². The Morgan fingerprint density at radius 2 is 2.10 bits per heavy atom. The van der Waals surface area contributed by atoms with Crippen LogP contribution in [0.4, 0.5) is 0 Å². The number of nitrogens with zero attached hydrogens (tertiary/aromatic N) is 1. The molecule has 1 aromatic carbocycles. The summed E-state index contributed by atoms with van der Waals surface area (Å²) in [5.41, 5.74) is 1.89. The summed E-state index contributed by atoms with van der Waals surface area (Å²) in [4.78, 5) is 15.4. The molecule has 0 aliphatic rings. The van der Waals surface area contributed by atoms with Gasteiger partial charge >= 0.3 is 5.97 Å². The molecule has 1 N–H and O–H groups in total. The smallest absolute Gasteiger partial charge is 0.339 e. The highest BCUT2D eigenvalue weighted by atomic mass is 35.5. The third kappa shape index (κ3) is 3.36. The van der Waals surface area contributed by atoms with E-state index in [9.17, 15) is 9.90 Å². The fourth-order valence-corrected chi connectivity index (χ4v) is 1.85. The molecule has 4 nitrogen and oxygen atoms in total. The molecule has 0 aliphatic carbocycles. The highest BCUT2D eigenvalue weighted by Crippen LogP contribution is 2.23. The minimum Gasteiger partial charge on any atom is -0.508 e. The van der Waals surface area contributed by atoms with Gasteiger partial charge in [-0.3, -0.25) is 4.98 Å². The first-order chi connectivity index (χ1) is 9.60. The monoisotopic (exact) mass is 289 g/mol. The van der Waals surface area contributed by atoms with Gasteiger partial charge in [0.25, 0.3) is 0 Å². The number of carbonyl (C=O) groups excluding carboxylic acids is 1. The number of phenolic OH excluding ortho intramolecular Hbond substituents is 1. The summed E-state index contributed by atoms with van der Waals surface area (Å²) in [5, 5.41) is 9.72. The lowest BCUT2D eigenvalue weighted by Gasteiger charge is -2.01. The van der Waals surface area contributed by atoms with Crippen LogP contribution in [0.2, 0.25) is 5.02 Å². The van der Waals surface area contributed by atoms with E-state index in [1.165, 1.54) is 19.4 Å². The number of ether oxygens (including phenoxy) is 1. The molecule has 0 radical (unpaired) electrons. The van der Waals surface area contributed by atoms with Crippen molar-refractivity contribution in [2.45, 2.75) is 0 Å². The van der Waals surface area contributed by atoms with Gasteiger partial charge < -0.3 is 9.84 Å². The van der Waals surface area contributed by atoms with Gasteiger partial charge in [-0.1, -0.05) is 23.8 Å². The van der Waals surface area contributed by atoms with Crippen LogP contribution in [-0.2, 0) is 4.74 Å². The van der Waals surface area contributed by atoms with Crippen molar-refractivity contribution in [3.63, 3.8) is 0 Å². The van der Waals surface area contributed by atoms with E-state index in [1.807, 2.05) is 0 Å². The van der Waals surface area contributed by atoms with Crippen molar-refractivity contribution in [3.05, 3.63) is 58.4 Å². The minimum atomic E-state index is -0.435. The Labute approximate surface area is 121 Å². The molecule has 1 aromatic heterocycles. The molecule has 0 spiro atoms. The van der Waals surface area contributed by atoms with Crippen LogP contribution in [0.3, 0.4) is 0 Å². The number of phenols is 1. The van der Waals surface area contributed by atoms with Crippen molar-refractivity contribution in [3.8, 4) is 5.75 Å². The SMILES string of the molecule is COC(=O)c1cncc(/C=C/c2ccc(O)cc2Cl)c1. The van der Waals surface area contributed by atoms with Crippen molar-refractivity contribution in [2.24, 2.45) is 0 Å². The summed E-state index contributed by atoms with van der Waals surface area (Å²) < 4.78 is 4.63. The van der Waals surface area contributed by atoms with Crippen molar-refractivity contribution in [1.82, 2.24) is 4.98 Å². The van der Waals surface area contributed by atoms with Crippen LogP contribution in [0.15, 0.2) is 36.7 Å². The zero-order valence-corrected chi connectivity index (χ0v) is 11.5. The van der Waals surface area contributed by atoms with Crippen LogP contribution in [0.1, 0.15) is 21.5 Å². The average molecular weight is 290 g/mol. The molecular weight excluding hydrogens is 278 g/mol. The molecule has 0 bridgehead atoms. The van der Waals surface area contributed by atoms with E-state index in [4.69, 9.17) is 11.6 Å². The molecule has 2 aromatic rings. The number of aromatic nitrogens is 1. The van der Waals surface area contributed by atoms with Gasteiger partial charge in [-0.15, -0.1) is 0 Å². The first kappa shape index (κ1) is 14.1. The summed E-state index contributed by atoms with van der Waals surface area (Å²) in [6, 6.07) is 6.38. The van der Waals surface area contributed by atoms with Crippen LogP contribution < -0.4 is 0 Å². The summed E-state index contributed by atoms with van der Waals surface area (Å²) in [6.07, 6.45) is 6.62.